The summed E-state index contributed by atoms with van der Waals surface area (Å²) in [4.78, 5) is 21.2. The Morgan fingerprint density at radius 1 is 1.00 bits per heavy atom. The monoisotopic (exact) mass is 358 g/mol. The van der Waals surface area contributed by atoms with Crippen molar-refractivity contribution in [1.29, 1.82) is 0 Å². The van der Waals surface area contributed by atoms with E-state index in [-0.39, 0.29) is 5.91 Å². The Morgan fingerprint density at radius 3 is 2.35 bits per heavy atom. The average Bonchev–Trinajstić information content (AvgIpc) is 2.88. The van der Waals surface area contributed by atoms with Crippen molar-refractivity contribution in [1.82, 2.24) is 14.7 Å². The summed E-state index contributed by atoms with van der Waals surface area (Å²) >= 11 is 0. The Morgan fingerprint density at radius 2 is 1.69 bits per heavy atom. The van der Waals surface area contributed by atoms with Crippen LogP contribution in [0.5, 0.6) is 0 Å². The summed E-state index contributed by atoms with van der Waals surface area (Å²) in [7, 11) is 3.68. The van der Waals surface area contributed by atoms with Crippen molar-refractivity contribution in [3.63, 3.8) is 0 Å². The van der Waals surface area contributed by atoms with Crippen LogP contribution < -0.4 is 4.90 Å². The lowest BCUT2D eigenvalue weighted by molar-refractivity contribution is -0.129. The average molecular weight is 359 g/mol. The van der Waals surface area contributed by atoms with Gasteiger partial charge < -0.3 is 9.80 Å². The molecule has 0 bridgehead atoms. The van der Waals surface area contributed by atoms with Gasteiger partial charge in [-0.05, 0) is 51.4 Å². The van der Waals surface area contributed by atoms with Crippen LogP contribution in [0.3, 0.4) is 0 Å². The molecule has 0 atom stereocenters. The van der Waals surface area contributed by atoms with Crippen molar-refractivity contribution < 1.29 is 4.79 Å². The number of amides is 1. The van der Waals surface area contributed by atoms with Gasteiger partial charge in [0.05, 0.1) is 6.54 Å². The molecule has 0 unspecified atom stereocenters. The highest BCUT2D eigenvalue weighted by molar-refractivity contribution is 5.77. The number of hydrogen-bond donors (Lipinski definition) is 0. The van der Waals surface area contributed by atoms with Gasteiger partial charge in [0.25, 0.3) is 0 Å². The van der Waals surface area contributed by atoms with Gasteiger partial charge in [-0.2, -0.15) is 0 Å². The molecular formula is C21H34N4O. The number of hydrogen-bond acceptors (Lipinski definition) is 4. The van der Waals surface area contributed by atoms with Crippen LogP contribution in [0.4, 0.5) is 5.69 Å². The number of carbonyl (C=O) groups is 1. The molecule has 0 aliphatic carbocycles. The highest BCUT2D eigenvalue weighted by atomic mass is 16.2. The van der Waals surface area contributed by atoms with Crippen molar-refractivity contribution in [3.05, 3.63) is 29.8 Å². The maximum Gasteiger partial charge on any atom is 0.236 e. The second kappa shape index (κ2) is 8.87. The fourth-order valence-corrected chi connectivity index (χ4v) is 4.09. The topological polar surface area (TPSA) is 30.0 Å². The zero-order chi connectivity index (χ0) is 18.5. The quantitative estimate of drug-likeness (QED) is 0.824. The van der Waals surface area contributed by atoms with Crippen molar-refractivity contribution in [2.24, 2.45) is 0 Å². The van der Waals surface area contributed by atoms with E-state index in [9.17, 15) is 4.79 Å². The number of benzene rings is 1. The highest BCUT2D eigenvalue weighted by Crippen LogP contribution is 2.23. The molecule has 0 N–H and O–H groups in total. The highest BCUT2D eigenvalue weighted by Gasteiger charge is 2.27. The third-order valence-electron chi connectivity index (χ3n) is 5.86. The van der Waals surface area contributed by atoms with Crippen molar-refractivity contribution in [2.45, 2.75) is 32.2 Å². The number of carbonyl (C=O) groups excluding carboxylic acids is 1. The van der Waals surface area contributed by atoms with Crippen molar-refractivity contribution >= 4 is 11.6 Å². The van der Waals surface area contributed by atoms with E-state index in [2.05, 4.69) is 45.9 Å². The van der Waals surface area contributed by atoms with E-state index < -0.39 is 0 Å². The van der Waals surface area contributed by atoms with Gasteiger partial charge in [-0.15, -0.1) is 0 Å². The molecular weight excluding hydrogens is 324 g/mol. The second-order valence-corrected chi connectivity index (χ2v) is 8.01. The molecule has 0 spiro atoms. The number of aryl methyl sites for hydroxylation is 1. The van der Waals surface area contributed by atoms with E-state index in [1.54, 1.807) is 4.90 Å². The largest absolute Gasteiger partial charge is 0.371 e. The van der Waals surface area contributed by atoms with Gasteiger partial charge in [-0.1, -0.05) is 17.7 Å². The van der Waals surface area contributed by atoms with Crippen LogP contribution in [0, 0.1) is 6.92 Å². The maximum absolute atomic E-state index is 12.0. The first-order valence-corrected chi connectivity index (χ1v) is 10.0. The molecule has 2 fully saturated rings. The molecule has 5 heteroatoms. The SMILES string of the molecule is Cc1ccc(N2CCC(N3CCCN(CC(=O)N(C)C)CC3)CC2)cc1. The summed E-state index contributed by atoms with van der Waals surface area (Å²) < 4.78 is 0. The molecule has 2 saturated heterocycles. The van der Waals surface area contributed by atoms with Crippen LogP contribution in [0.25, 0.3) is 0 Å². The minimum Gasteiger partial charge on any atom is -0.371 e. The Kier molecular flexibility index (Phi) is 6.54. The van der Waals surface area contributed by atoms with Crippen LogP contribution in [-0.2, 0) is 4.79 Å². The Labute approximate surface area is 158 Å². The van der Waals surface area contributed by atoms with Gasteiger partial charge in [-0.3, -0.25) is 14.6 Å². The lowest BCUT2D eigenvalue weighted by Gasteiger charge is -2.39. The van der Waals surface area contributed by atoms with Crippen LogP contribution in [0.1, 0.15) is 24.8 Å². The molecule has 1 amide bonds. The number of nitrogens with zero attached hydrogens (tertiary/aromatic N) is 4. The van der Waals surface area contributed by atoms with Gasteiger partial charge in [0.1, 0.15) is 0 Å². The van der Waals surface area contributed by atoms with Crippen LogP contribution in [0.2, 0.25) is 0 Å². The first-order chi connectivity index (χ1) is 12.5. The van der Waals surface area contributed by atoms with Gasteiger partial charge in [0.15, 0.2) is 0 Å². The summed E-state index contributed by atoms with van der Waals surface area (Å²) in [5.41, 5.74) is 2.68. The predicted octanol–water partition coefficient (Wildman–Crippen LogP) is 2.06. The molecule has 3 rings (SSSR count). The number of likely N-dealkylation sites (N-methyl/N-ethyl adjacent to an activating group) is 1. The molecule has 2 heterocycles. The summed E-state index contributed by atoms with van der Waals surface area (Å²) in [5, 5.41) is 0. The summed E-state index contributed by atoms with van der Waals surface area (Å²) in [5.74, 6) is 0.213. The summed E-state index contributed by atoms with van der Waals surface area (Å²) in [6.45, 7) is 9.31. The molecule has 0 saturated carbocycles. The van der Waals surface area contributed by atoms with E-state index in [4.69, 9.17) is 0 Å². The van der Waals surface area contributed by atoms with Gasteiger partial charge >= 0.3 is 0 Å². The smallest absolute Gasteiger partial charge is 0.236 e. The van der Waals surface area contributed by atoms with Gasteiger partial charge in [-0.25, -0.2) is 0 Å². The first-order valence-electron chi connectivity index (χ1n) is 10.0. The Balaban J connectivity index is 1.47. The number of piperidine rings is 1. The van der Waals surface area contributed by atoms with Crippen LogP contribution in [0.15, 0.2) is 24.3 Å². The molecule has 1 aromatic carbocycles. The lowest BCUT2D eigenvalue weighted by atomic mass is 10.0. The Hall–Kier alpha value is -1.59. The molecule has 5 nitrogen and oxygen atoms in total. The third-order valence-corrected chi connectivity index (χ3v) is 5.86. The van der Waals surface area contributed by atoms with E-state index >= 15 is 0 Å². The number of anilines is 1. The second-order valence-electron chi connectivity index (χ2n) is 8.01. The molecule has 0 aromatic heterocycles. The van der Waals surface area contributed by atoms with Gasteiger partial charge in [0, 0.05) is 52.0 Å². The third kappa shape index (κ3) is 4.98. The van der Waals surface area contributed by atoms with Gasteiger partial charge in [0.2, 0.25) is 5.91 Å². The van der Waals surface area contributed by atoms with E-state index in [1.165, 1.54) is 37.1 Å². The zero-order valence-corrected chi connectivity index (χ0v) is 16.7. The van der Waals surface area contributed by atoms with Crippen molar-refractivity contribution in [2.75, 3.05) is 64.8 Å². The van der Waals surface area contributed by atoms with Crippen LogP contribution >= 0.6 is 0 Å². The predicted molar refractivity (Wildman–Crippen MR) is 108 cm³/mol. The normalized spacial score (nSPS) is 20.8. The molecule has 1 aromatic rings. The molecule has 26 heavy (non-hydrogen) atoms. The molecule has 0 radical (unpaired) electrons. The fraction of sp³-hybridized carbons (Fsp3) is 0.667. The maximum atomic E-state index is 12.0. The zero-order valence-electron chi connectivity index (χ0n) is 16.7. The molecule has 2 aliphatic rings. The minimum atomic E-state index is 0.213. The lowest BCUT2D eigenvalue weighted by Crippen LogP contribution is -2.46. The minimum absolute atomic E-state index is 0.213. The van der Waals surface area contributed by atoms with Crippen LogP contribution in [-0.4, -0.2) is 86.6 Å². The standard InChI is InChI=1S/C21H34N4O/c1-18-5-7-19(8-6-18)25-13-9-20(10-14-25)24-12-4-11-23(15-16-24)17-21(26)22(2)3/h5-8,20H,4,9-17H2,1-3H3. The fourth-order valence-electron chi connectivity index (χ4n) is 4.09. The van der Waals surface area contributed by atoms with E-state index in [1.807, 2.05) is 14.1 Å². The Bertz CT molecular complexity index is 578. The molecule has 144 valence electrons. The molecule has 2 aliphatic heterocycles. The first kappa shape index (κ1) is 19.2. The summed E-state index contributed by atoms with van der Waals surface area (Å²) in [6, 6.07) is 9.61. The van der Waals surface area contributed by atoms with E-state index in [0.717, 1.165) is 32.7 Å². The summed E-state index contributed by atoms with van der Waals surface area (Å²) in [6.07, 6.45) is 3.65. The van der Waals surface area contributed by atoms with Crippen molar-refractivity contribution in [3.8, 4) is 0 Å². The number of rotatable bonds is 4. The van der Waals surface area contributed by atoms with E-state index in [0.29, 0.717) is 12.6 Å².